The van der Waals surface area contributed by atoms with Gasteiger partial charge in [-0.05, 0) is 47.5 Å². The fraction of sp³-hybridized carbons (Fsp3) is 0. The first-order chi connectivity index (χ1) is 10.8. The molecule has 1 heterocycles. The molecule has 2 N–H and O–H groups in total. The molecule has 4 rings (SSSR count). The molecule has 0 atom stereocenters. The molecule has 0 aliphatic heterocycles. The second-order valence-corrected chi connectivity index (χ2v) is 5.19. The van der Waals surface area contributed by atoms with E-state index < -0.39 is 0 Å². The summed E-state index contributed by atoms with van der Waals surface area (Å²) in [5, 5.41) is 0. The lowest BCUT2D eigenvalue weighted by molar-refractivity contribution is 0.620. The SMILES string of the molecule is Nc1ccc(-c2nc3cc(-c4ccccc4)ccc3o2)cc1. The van der Waals surface area contributed by atoms with Crippen LogP contribution in [0.1, 0.15) is 0 Å². The van der Waals surface area contributed by atoms with Gasteiger partial charge in [-0.15, -0.1) is 0 Å². The zero-order chi connectivity index (χ0) is 14.9. The largest absolute Gasteiger partial charge is 0.436 e. The van der Waals surface area contributed by atoms with Crippen molar-refractivity contribution in [2.45, 2.75) is 0 Å². The second-order valence-electron chi connectivity index (χ2n) is 5.19. The highest BCUT2D eigenvalue weighted by Gasteiger charge is 2.09. The third kappa shape index (κ3) is 2.23. The minimum absolute atomic E-state index is 0.611. The first kappa shape index (κ1) is 12.7. The molecule has 0 amide bonds. The summed E-state index contributed by atoms with van der Waals surface area (Å²) in [6.07, 6.45) is 0. The molecule has 0 unspecified atom stereocenters. The van der Waals surface area contributed by atoms with E-state index in [0.717, 1.165) is 27.9 Å². The van der Waals surface area contributed by atoms with Crippen LogP contribution in [0.3, 0.4) is 0 Å². The average Bonchev–Trinajstić information content (AvgIpc) is 2.99. The Labute approximate surface area is 128 Å². The van der Waals surface area contributed by atoms with Crippen molar-refractivity contribution in [1.29, 1.82) is 0 Å². The van der Waals surface area contributed by atoms with E-state index in [2.05, 4.69) is 29.2 Å². The predicted octanol–water partition coefficient (Wildman–Crippen LogP) is 4.74. The van der Waals surface area contributed by atoms with Gasteiger partial charge in [0, 0.05) is 11.3 Å². The quantitative estimate of drug-likeness (QED) is 0.541. The standard InChI is InChI=1S/C19H14N2O/c20-16-9-6-14(7-10-16)19-21-17-12-15(8-11-18(17)22-19)13-4-2-1-3-5-13/h1-12H,20H2. The molecule has 0 spiro atoms. The van der Waals surface area contributed by atoms with Crippen molar-refractivity contribution >= 4 is 16.8 Å². The Hall–Kier alpha value is -3.07. The van der Waals surface area contributed by atoms with E-state index in [1.54, 1.807) is 0 Å². The number of aromatic nitrogens is 1. The first-order valence-electron chi connectivity index (χ1n) is 7.11. The van der Waals surface area contributed by atoms with Crippen LogP contribution in [0.25, 0.3) is 33.7 Å². The van der Waals surface area contributed by atoms with Crippen LogP contribution in [0.15, 0.2) is 77.2 Å². The van der Waals surface area contributed by atoms with Gasteiger partial charge in [0.1, 0.15) is 5.52 Å². The summed E-state index contributed by atoms with van der Waals surface area (Å²) in [4.78, 5) is 4.59. The first-order valence-corrected chi connectivity index (χ1v) is 7.11. The number of nitrogens with two attached hydrogens (primary N) is 1. The summed E-state index contributed by atoms with van der Waals surface area (Å²) in [5.74, 6) is 0.611. The zero-order valence-corrected chi connectivity index (χ0v) is 11.9. The summed E-state index contributed by atoms with van der Waals surface area (Å²) in [7, 11) is 0. The Morgan fingerprint density at radius 1 is 0.727 bits per heavy atom. The van der Waals surface area contributed by atoms with E-state index in [1.807, 2.05) is 48.5 Å². The molecule has 106 valence electrons. The molecule has 0 aliphatic rings. The van der Waals surface area contributed by atoms with Gasteiger partial charge >= 0.3 is 0 Å². The molecule has 0 bridgehead atoms. The van der Waals surface area contributed by atoms with Gasteiger partial charge in [0.2, 0.25) is 5.89 Å². The molecule has 1 aromatic heterocycles. The van der Waals surface area contributed by atoms with E-state index >= 15 is 0 Å². The summed E-state index contributed by atoms with van der Waals surface area (Å²) < 4.78 is 5.83. The minimum atomic E-state index is 0.611. The van der Waals surface area contributed by atoms with Crippen molar-refractivity contribution in [2.24, 2.45) is 0 Å². The number of oxazole rings is 1. The molecule has 0 fully saturated rings. The van der Waals surface area contributed by atoms with Crippen molar-refractivity contribution in [2.75, 3.05) is 5.73 Å². The number of hydrogen-bond donors (Lipinski definition) is 1. The average molecular weight is 286 g/mol. The Morgan fingerprint density at radius 3 is 2.23 bits per heavy atom. The monoisotopic (exact) mass is 286 g/mol. The zero-order valence-electron chi connectivity index (χ0n) is 11.9. The number of fused-ring (bicyclic) bond motifs is 1. The lowest BCUT2D eigenvalue weighted by Gasteiger charge is -1.99. The molecule has 22 heavy (non-hydrogen) atoms. The van der Waals surface area contributed by atoms with Crippen LogP contribution in [0, 0.1) is 0 Å². The number of rotatable bonds is 2. The van der Waals surface area contributed by atoms with Crippen LogP contribution in [-0.2, 0) is 0 Å². The highest BCUT2D eigenvalue weighted by molar-refractivity contribution is 5.82. The van der Waals surface area contributed by atoms with Crippen LogP contribution in [0.5, 0.6) is 0 Å². The highest BCUT2D eigenvalue weighted by atomic mass is 16.3. The molecule has 0 radical (unpaired) electrons. The Morgan fingerprint density at radius 2 is 1.45 bits per heavy atom. The van der Waals surface area contributed by atoms with Crippen molar-refractivity contribution < 1.29 is 4.42 Å². The van der Waals surface area contributed by atoms with Gasteiger partial charge in [-0.2, -0.15) is 0 Å². The number of nitrogen functional groups attached to an aromatic ring is 1. The van der Waals surface area contributed by atoms with Crippen LogP contribution < -0.4 is 5.73 Å². The molecule has 0 aliphatic carbocycles. The molecule has 3 nitrogen and oxygen atoms in total. The number of anilines is 1. The van der Waals surface area contributed by atoms with Crippen molar-refractivity contribution in [1.82, 2.24) is 4.98 Å². The smallest absolute Gasteiger partial charge is 0.227 e. The fourth-order valence-electron chi connectivity index (χ4n) is 2.49. The van der Waals surface area contributed by atoms with Crippen LogP contribution >= 0.6 is 0 Å². The molecular weight excluding hydrogens is 272 g/mol. The summed E-state index contributed by atoms with van der Waals surface area (Å²) in [6.45, 7) is 0. The fourth-order valence-corrected chi connectivity index (χ4v) is 2.49. The van der Waals surface area contributed by atoms with E-state index in [9.17, 15) is 0 Å². The van der Waals surface area contributed by atoms with E-state index in [1.165, 1.54) is 5.56 Å². The number of hydrogen-bond acceptors (Lipinski definition) is 3. The third-order valence-electron chi connectivity index (χ3n) is 3.65. The molecule has 4 aromatic rings. The third-order valence-corrected chi connectivity index (χ3v) is 3.65. The van der Waals surface area contributed by atoms with E-state index in [4.69, 9.17) is 10.2 Å². The van der Waals surface area contributed by atoms with Gasteiger partial charge in [-0.3, -0.25) is 0 Å². The van der Waals surface area contributed by atoms with Crippen molar-refractivity contribution in [3.8, 4) is 22.6 Å². The maximum Gasteiger partial charge on any atom is 0.227 e. The number of benzene rings is 3. The minimum Gasteiger partial charge on any atom is -0.436 e. The summed E-state index contributed by atoms with van der Waals surface area (Å²) >= 11 is 0. The van der Waals surface area contributed by atoms with Gasteiger partial charge in [-0.25, -0.2) is 4.98 Å². The highest BCUT2D eigenvalue weighted by Crippen LogP contribution is 2.28. The van der Waals surface area contributed by atoms with Gasteiger partial charge in [0.15, 0.2) is 5.58 Å². The normalized spacial score (nSPS) is 10.9. The van der Waals surface area contributed by atoms with Crippen LogP contribution in [-0.4, -0.2) is 4.98 Å². The lowest BCUT2D eigenvalue weighted by atomic mass is 10.1. The van der Waals surface area contributed by atoms with Gasteiger partial charge < -0.3 is 10.2 Å². The summed E-state index contributed by atoms with van der Waals surface area (Å²) in [5.41, 5.74) is 11.3. The molecule has 0 saturated carbocycles. The maximum atomic E-state index is 5.83. The van der Waals surface area contributed by atoms with Crippen molar-refractivity contribution in [3.05, 3.63) is 72.8 Å². The topological polar surface area (TPSA) is 52.0 Å². The number of nitrogens with zero attached hydrogens (tertiary/aromatic N) is 1. The Bertz CT molecular complexity index is 925. The predicted molar refractivity (Wildman–Crippen MR) is 89.3 cm³/mol. The second kappa shape index (κ2) is 5.04. The van der Waals surface area contributed by atoms with E-state index in [0.29, 0.717) is 5.89 Å². The van der Waals surface area contributed by atoms with Gasteiger partial charge in [0.25, 0.3) is 0 Å². The van der Waals surface area contributed by atoms with Crippen LogP contribution in [0.2, 0.25) is 0 Å². The summed E-state index contributed by atoms with van der Waals surface area (Å²) in [6, 6.07) is 23.8. The molecular formula is C19H14N2O. The van der Waals surface area contributed by atoms with Crippen LogP contribution in [0.4, 0.5) is 5.69 Å². The lowest BCUT2D eigenvalue weighted by Crippen LogP contribution is -1.83. The molecule has 3 aromatic carbocycles. The molecule has 0 saturated heterocycles. The van der Waals surface area contributed by atoms with E-state index in [-0.39, 0.29) is 0 Å². The van der Waals surface area contributed by atoms with Crippen molar-refractivity contribution in [3.63, 3.8) is 0 Å². The maximum absolute atomic E-state index is 5.83. The Balaban J connectivity index is 1.80. The van der Waals surface area contributed by atoms with Gasteiger partial charge in [0.05, 0.1) is 0 Å². The Kier molecular flexibility index (Phi) is 2.90. The van der Waals surface area contributed by atoms with Gasteiger partial charge in [-0.1, -0.05) is 36.4 Å². The molecule has 3 heteroatoms.